The number of ether oxygens (including phenoxy) is 2. The number of amides is 1. The fraction of sp³-hybridized carbons (Fsp3) is 0.133. The summed E-state index contributed by atoms with van der Waals surface area (Å²) in [6.45, 7) is 0. The van der Waals surface area contributed by atoms with Crippen LogP contribution in [0, 0.1) is 5.82 Å². The number of halogens is 2. The van der Waals surface area contributed by atoms with Gasteiger partial charge in [-0.05, 0) is 24.3 Å². The Balaban J connectivity index is 2.33. The summed E-state index contributed by atoms with van der Waals surface area (Å²) in [5, 5.41) is 2.47. The minimum absolute atomic E-state index is 0.111. The second-order valence-corrected chi connectivity index (χ2v) is 4.53. The van der Waals surface area contributed by atoms with E-state index in [0.717, 1.165) is 0 Å². The van der Waals surface area contributed by atoms with Crippen LogP contribution in [0.15, 0.2) is 36.4 Å². The van der Waals surface area contributed by atoms with Crippen molar-refractivity contribution in [2.45, 2.75) is 0 Å². The van der Waals surface area contributed by atoms with E-state index in [1.807, 2.05) is 0 Å². The quantitative estimate of drug-likeness (QED) is 0.935. The Morgan fingerprint density at radius 3 is 2.62 bits per heavy atom. The highest BCUT2D eigenvalue weighted by Crippen LogP contribution is 2.29. The van der Waals surface area contributed by atoms with Crippen molar-refractivity contribution in [3.05, 3.63) is 52.8 Å². The van der Waals surface area contributed by atoms with Crippen molar-refractivity contribution in [1.82, 2.24) is 0 Å². The number of anilines is 1. The molecular weight excluding hydrogens is 297 g/mol. The molecule has 0 radical (unpaired) electrons. The van der Waals surface area contributed by atoms with Gasteiger partial charge in [0.05, 0.1) is 30.5 Å². The number of nitrogens with one attached hydrogen (secondary N) is 1. The van der Waals surface area contributed by atoms with Gasteiger partial charge in [-0.3, -0.25) is 4.79 Å². The summed E-state index contributed by atoms with van der Waals surface area (Å²) < 4.78 is 24.1. The molecule has 0 heterocycles. The number of hydrogen-bond donors (Lipinski definition) is 1. The molecule has 0 aromatic heterocycles. The maximum atomic E-state index is 13.8. The van der Waals surface area contributed by atoms with E-state index in [1.54, 1.807) is 18.2 Å². The van der Waals surface area contributed by atoms with E-state index < -0.39 is 11.7 Å². The highest BCUT2D eigenvalue weighted by Gasteiger charge is 2.16. The number of rotatable bonds is 4. The van der Waals surface area contributed by atoms with Gasteiger partial charge in [-0.2, -0.15) is 0 Å². The van der Waals surface area contributed by atoms with Gasteiger partial charge in [0.25, 0.3) is 5.91 Å². The normalized spacial score (nSPS) is 10.1. The lowest BCUT2D eigenvalue weighted by atomic mass is 10.2. The van der Waals surface area contributed by atoms with Crippen molar-refractivity contribution in [3.63, 3.8) is 0 Å². The molecule has 0 atom stereocenters. The molecule has 0 saturated heterocycles. The molecule has 0 aliphatic carbocycles. The van der Waals surface area contributed by atoms with Gasteiger partial charge >= 0.3 is 0 Å². The van der Waals surface area contributed by atoms with Crippen LogP contribution in [-0.4, -0.2) is 20.1 Å². The van der Waals surface area contributed by atoms with Crippen molar-refractivity contribution in [1.29, 1.82) is 0 Å². The van der Waals surface area contributed by atoms with Crippen molar-refractivity contribution in [2.24, 2.45) is 0 Å². The largest absolute Gasteiger partial charge is 0.497 e. The van der Waals surface area contributed by atoms with Crippen LogP contribution in [-0.2, 0) is 0 Å². The smallest absolute Gasteiger partial charge is 0.258 e. The van der Waals surface area contributed by atoms with Crippen LogP contribution >= 0.6 is 11.6 Å². The third kappa shape index (κ3) is 3.25. The molecule has 21 heavy (non-hydrogen) atoms. The molecular formula is C15H13ClFNO3. The highest BCUT2D eigenvalue weighted by atomic mass is 35.5. The Morgan fingerprint density at radius 2 is 1.95 bits per heavy atom. The number of carbonyl (C=O) groups is 1. The maximum absolute atomic E-state index is 13.8. The van der Waals surface area contributed by atoms with Crippen LogP contribution < -0.4 is 14.8 Å². The topological polar surface area (TPSA) is 47.6 Å². The van der Waals surface area contributed by atoms with Crippen LogP contribution in [0.2, 0.25) is 5.02 Å². The summed E-state index contributed by atoms with van der Waals surface area (Å²) in [4.78, 5) is 12.1. The second-order valence-electron chi connectivity index (χ2n) is 4.12. The minimum atomic E-state index is -0.765. The SMILES string of the molecule is COc1ccc(OC)c(NC(=O)c2cccc(Cl)c2F)c1. The van der Waals surface area contributed by atoms with Crippen LogP contribution in [0.4, 0.5) is 10.1 Å². The zero-order chi connectivity index (χ0) is 15.4. The molecule has 0 saturated carbocycles. The van der Waals surface area contributed by atoms with E-state index in [2.05, 4.69) is 5.32 Å². The third-order valence-electron chi connectivity index (χ3n) is 2.85. The Bertz CT molecular complexity index is 676. The molecule has 1 amide bonds. The van der Waals surface area contributed by atoms with Crippen LogP contribution in [0.3, 0.4) is 0 Å². The summed E-state index contributed by atoms with van der Waals surface area (Å²) in [7, 11) is 2.97. The van der Waals surface area contributed by atoms with Crippen molar-refractivity contribution >= 4 is 23.2 Å². The molecule has 0 fully saturated rings. The lowest BCUT2D eigenvalue weighted by Crippen LogP contribution is -2.14. The van der Waals surface area contributed by atoms with Crippen molar-refractivity contribution in [2.75, 3.05) is 19.5 Å². The van der Waals surface area contributed by atoms with Gasteiger partial charge in [-0.1, -0.05) is 17.7 Å². The molecule has 0 unspecified atom stereocenters. The number of methoxy groups -OCH3 is 2. The lowest BCUT2D eigenvalue weighted by Gasteiger charge is -2.12. The molecule has 2 aromatic rings. The summed E-state index contributed by atoms with van der Waals surface area (Å²) in [6, 6.07) is 9.14. The first-order valence-corrected chi connectivity index (χ1v) is 6.42. The molecule has 1 N–H and O–H groups in total. The minimum Gasteiger partial charge on any atom is -0.497 e. The summed E-state index contributed by atoms with van der Waals surface area (Å²) in [6.07, 6.45) is 0. The highest BCUT2D eigenvalue weighted by molar-refractivity contribution is 6.31. The van der Waals surface area contributed by atoms with Gasteiger partial charge in [0.1, 0.15) is 11.5 Å². The molecule has 0 aliphatic rings. The number of carbonyl (C=O) groups excluding carboxylic acids is 1. The van der Waals surface area contributed by atoms with Crippen LogP contribution in [0.1, 0.15) is 10.4 Å². The maximum Gasteiger partial charge on any atom is 0.258 e. The summed E-state index contributed by atoms with van der Waals surface area (Å²) in [5.41, 5.74) is 0.230. The molecule has 4 nitrogen and oxygen atoms in total. The summed E-state index contributed by atoms with van der Waals surface area (Å²) in [5.74, 6) is -0.413. The lowest BCUT2D eigenvalue weighted by molar-refractivity contribution is 0.102. The van der Waals surface area contributed by atoms with E-state index in [9.17, 15) is 9.18 Å². The van der Waals surface area contributed by atoms with Gasteiger partial charge in [-0.25, -0.2) is 4.39 Å². The van der Waals surface area contributed by atoms with E-state index in [1.165, 1.54) is 32.4 Å². The van der Waals surface area contributed by atoms with E-state index in [0.29, 0.717) is 17.2 Å². The first-order chi connectivity index (χ1) is 10.1. The van der Waals surface area contributed by atoms with Gasteiger partial charge in [0, 0.05) is 6.07 Å². The van der Waals surface area contributed by atoms with E-state index in [4.69, 9.17) is 21.1 Å². The molecule has 2 rings (SSSR count). The Hall–Kier alpha value is -2.27. The zero-order valence-corrected chi connectivity index (χ0v) is 12.2. The van der Waals surface area contributed by atoms with Gasteiger partial charge in [-0.15, -0.1) is 0 Å². The van der Waals surface area contributed by atoms with E-state index in [-0.39, 0.29) is 10.6 Å². The first kappa shape index (κ1) is 15.1. The Morgan fingerprint density at radius 1 is 1.19 bits per heavy atom. The average molecular weight is 310 g/mol. The molecule has 0 spiro atoms. The van der Waals surface area contributed by atoms with Crippen molar-refractivity contribution in [3.8, 4) is 11.5 Å². The van der Waals surface area contributed by atoms with E-state index >= 15 is 0 Å². The zero-order valence-electron chi connectivity index (χ0n) is 11.4. The molecule has 6 heteroatoms. The predicted octanol–water partition coefficient (Wildman–Crippen LogP) is 3.75. The molecule has 0 aliphatic heterocycles. The van der Waals surface area contributed by atoms with Crippen LogP contribution in [0.25, 0.3) is 0 Å². The number of benzene rings is 2. The number of hydrogen-bond acceptors (Lipinski definition) is 3. The van der Waals surface area contributed by atoms with Gasteiger partial charge in [0.2, 0.25) is 0 Å². The van der Waals surface area contributed by atoms with Crippen LogP contribution in [0.5, 0.6) is 11.5 Å². The van der Waals surface area contributed by atoms with Gasteiger partial charge < -0.3 is 14.8 Å². The Kier molecular flexibility index (Phi) is 4.65. The molecule has 0 bridgehead atoms. The average Bonchev–Trinajstić information content (AvgIpc) is 2.49. The summed E-state index contributed by atoms with van der Waals surface area (Å²) >= 11 is 5.67. The second kappa shape index (κ2) is 6.45. The standard InChI is InChI=1S/C15H13ClFNO3/c1-20-9-6-7-13(21-2)12(8-9)18-15(19)10-4-3-5-11(16)14(10)17/h3-8H,1-2H3,(H,18,19). The molecule has 110 valence electrons. The fourth-order valence-corrected chi connectivity index (χ4v) is 1.96. The fourth-order valence-electron chi connectivity index (χ4n) is 1.78. The first-order valence-electron chi connectivity index (χ1n) is 6.04. The van der Waals surface area contributed by atoms with Crippen molar-refractivity contribution < 1.29 is 18.7 Å². The van der Waals surface area contributed by atoms with Gasteiger partial charge in [0.15, 0.2) is 5.82 Å². The predicted molar refractivity (Wildman–Crippen MR) is 78.9 cm³/mol. The Labute approximate surface area is 126 Å². The third-order valence-corrected chi connectivity index (χ3v) is 3.14. The monoisotopic (exact) mass is 309 g/mol. The molecule has 2 aromatic carbocycles.